The van der Waals surface area contributed by atoms with Crippen molar-refractivity contribution in [3.63, 3.8) is 0 Å². The summed E-state index contributed by atoms with van der Waals surface area (Å²) in [5.41, 5.74) is 0.0365. The first-order chi connectivity index (χ1) is 16.1. The summed E-state index contributed by atoms with van der Waals surface area (Å²) in [7, 11) is 0. The zero-order valence-electron chi connectivity index (χ0n) is 19.1. The molecule has 1 aromatic heterocycles. The fourth-order valence-corrected chi connectivity index (χ4v) is 3.52. The maximum absolute atomic E-state index is 13.3. The molecule has 34 heavy (non-hydrogen) atoms. The predicted octanol–water partition coefficient (Wildman–Crippen LogP) is 5.42. The number of rotatable bonds is 9. The maximum atomic E-state index is 13.3. The quantitative estimate of drug-likeness (QED) is 0.418. The largest absolute Gasteiger partial charge is 0.467 e. The van der Waals surface area contributed by atoms with Crippen molar-refractivity contribution in [2.24, 2.45) is 0 Å². The molecule has 180 valence electrons. The number of hydrogen-bond acceptors (Lipinski definition) is 3. The molecule has 2 aromatic carbocycles. The first kappa shape index (κ1) is 25.1. The van der Waals surface area contributed by atoms with Crippen LogP contribution in [0.15, 0.2) is 77.4 Å². The number of carbonyl (C=O) groups is 2. The number of halogens is 3. The van der Waals surface area contributed by atoms with Gasteiger partial charge in [0.2, 0.25) is 5.91 Å². The van der Waals surface area contributed by atoms with Gasteiger partial charge in [-0.2, -0.15) is 13.2 Å². The van der Waals surface area contributed by atoms with Gasteiger partial charge in [-0.3, -0.25) is 9.59 Å². The van der Waals surface area contributed by atoms with Crippen molar-refractivity contribution in [2.45, 2.75) is 39.0 Å². The number of nitrogens with zero attached hydrogens (tertiary/aromatic N) is 2. The molecule has 0 spiro atoms. The molecule has 8 heteroatoms. The van der Waals surface area contributed by atoms with E-state index in [1.54, 1.807) is 30.9 Å². The molecule has 0 aliphatic carbocycles. The summed E-state index contributed by atoms with van der Waals surface area (Å²) in [5.74, 6) is -0.349. The van der Waals surface area contributed by atoms with Crippen molar-refractivity contribution < 1.29 is 27.2 Å². The number of amides is 2. The van der Waals surface area contributed by atoms with Crippen LogP contribution in [-0.2, 0) is 23.9 Å². The van der Waals surface area contributed by atoms with E-state index in [0.717, 1.165) is 17.7 Å². The van der Waals surface area contributed by atoms with Gasteiger partial charge in [0.25, 0.3) is 5.91 Å². The third kappa shape index (κ3) is 6.73. The van der Waals surface area contributed by atoms with Gasteiger partial charge in [0.15, 0.2) is 0 Å². The minimum absolute atomic E-state index is 0.113. The van der Waals surface area contributed by atoms with Crippen molar-refractivity contribution in [2.75, 3.05) is 13.1 Å². The topological polar surface area (TPSA) is 53.8 Å². The van der Waals surface area contributed by atoms with E-state index in [1.807, 2.05) is 30.3 Å². The minimum Gasteiger partial charge on any atom is -0.467 e. The van der Waals surface area contributed by atoms with E-state index in [1.165, 1.54) is 23.3 Å². The van der Waals surface area contributed by atoms with E-state index >= 15 is 0 Å². The monoisotopic (exact) mass is 472 g/mol. The smallest absolute Gasteiger partial charge is 0.416 e. The van der Waals surface area contributed by atoms with Crippen LogP contribution in [0.1, 0.15) is 41.1 Å². The Morgan fingerprint density at radius 3 is 2.32 bits per heavy atom. The molecule has 0 aliphatic rings. The molecule has 0 aliphatic heterocycles. The molecule has 0 atom stereocenters. The third-order valence-electron chi connectivity index (χ3n) is 5.42. The predicted molar refractivity (Wildman–Crippen MR) is 122 cm³/mol. The van der Waals surface area contributed by atoms with Gasteiger partial charge in [-0.05, 0) is 56.2 Å². The minimum atomic E-state index is -4.56. The summed E-state index contributed by atoms with van der Waals surface area (Å²) in [4.78, 5) is 29.3. The normalized spacial score (nSPS) is 11.5. The van der Waals surface area contributed by atoms with E-state index in [0.29, 0.717) is 18.7 Å². The second-order valence-corrected chi connectivity index (χ2v) is 8.24. The van der Waals surface area contributed by atoms with Crippen LogP contribution in [0.5, 0.6) is 0 Å². The highest BCUT2D eigenvalue weighted by atomic mass is 19.4. The van der Waals surface area contributed by atoms with Crippen LogP contribution in [0.2, 0.25) is 0 Å². The highest BCUT2D eigenvalue weighted by Crippen LogP contribution is 2.30. The Labute approximate surface area is 196 Å². The summed E-state index contributed by atoms with van der Waals surface area (Å²) < 4.78 is 44.8. The highest BCUT2D eigenvalue weighted by Gasteiger charge is 2.32. The Morgan fingerprint density at radius 2 is 1.71 bits per heavy atom. The molecular weight excluding hydrogens is 445 g/mol. The summed E-state index contributed by atoms with van der Waals surface area (Å²) in [6.07, 6.45) is -2.44. The average molecular weight is 473 g/mol. The number of benzene rings is 2. The van der Waals surface area contributed by atoms with Crippen LogP contribution in [0.25, 0.3) is 0 Å². The molecule has 0 bridgehead atoms. The lowest BCUT2D eigenvalue weighted by molar-refractivity contribution is -0.137. The van der Waals surface area contributed by atoms with E-state index in [2.05, 4.69) is 0 Å². The zero-order chi connectivity index (χ0) is 24.7. The van der Waals surface area contributed by atoms with Crippen molar-refractivity contribution in [1.82, 2.24) is 9.80 Å². The average Bonchev–Trinajstić information content (AvgIpc) is 3.33. The SMILES string of the molecule is CC(C)N(CC(=O)N(CCc1ccccc1)Cc1ccco1)C(=O)c1cccc(C(F)(F)F)c1. The highest BCUT2D eigenvalue weighted by molar-refractivity contribution is 5.97. The van der Waals surface area contributed by atoms with Crippen LogP contribution < -0.4 is 0 Å². The van der Waals surface area contributed by atoms with E-state index < -0.39 is 23.7 Å². The lowest BCUT2D eigenvalue weighted by Gasteiger charge is -2.30. The second-order valence-electron chi connectivity index (χ2n) is 8.24. The molecule has 3 rings (SSSR count). The van der Waals surface area contributed by atoms with Crippen molar-refractivity contribution >= 4 is 11.8 Å². The van der Waals surface area contributed by atoms with E-state index in [9.17, 15) is 22.8 Å². The third-order valence-corrected chi connectivity index (χ3v) is 5.42. The Hall–Kier alpha value is -3.55. The van der Waals surface area contributed by atoms with Crippen molar-refractivity contribution in [1.29, 1.82) is 0 Å². The summed E-state index contributed by atoms with van der Waals surface area (Å²) >= 11 is 0. The number of alkyl halides is 3. The molecule has 0 saturated carbocycles. The molecule has 3 aromatic rings. The first-order valence-electron chi connectivity index (χ1n) is 11.0. The molecule has 0 radical (unpaired) electrons. The maximum Gasteiger partial charge on any atom is 0.416 e. The first-order valence-corrected chi connectivity index (χ1v) is 11.0. The van der Waals surface area contributed by atoms with Gasteiger partial charge in [0.1, 0.15) is 12.3 Å². The Kier molecular flexibility index (Phi) is 8.15. The number of hydrogen-bond donors (Lipinski definition) is 0. The van der Waals surface area contributed by atoms with Crippen LogP contribution in [0.4, 0.5) is 13.2 Å². The Balaban J connectivity index is 1.78. The molecule has 0 unspecified atom stereocenters. The molecule has 0 fully saturated rings. The van der Waals surface area contributed by atoms with Crippen LogP contribution in [0.3, 0.4) is 0 Å². The van der Waals surface area contributed by atoms with Crippen LogP contribution >= 0.6 is 0 Å². The van der Waals surface area contributed by atoms with Crippen molar-refractivity contribution in [3.05, 3.63) is 95.4 Å². The zero-order valence-corrected chi connectivity index (χ0v) is 19.1. The fraction of sp³-hybridized carbons (Fsp3) is 0.308. The van der Waals surface area contributed by atoms with Gasteiger partial charge in [0, 0.05) is 18.2 Å². The lowest BCUT2D eigenvalue weighted by atomic mass is 10.1. The second kappa shape index (κ2) is 11.0. The fourth-order valence-electron chi connectivity index (χ4n) is 3.52. The Bertz CT molecular complexity index is 1080. The summed E-state index contributed by atoms with van der Waals surface area (Å²) in [5, 5.41) is 0. The summed E-state index contributed by atoms with van der Waals surface area (Å²) in [6.45, 7) is 3.80. The standard InChI is InChI=1S/C26H27F3N2O3/c1-19(2)31(25(33)21-10-6-11-22(16-21)26(27,28)29)18-24(32)30(17-23-12-7-15-34-23)14-13-20-8-4-3-5-9-20/h3-12,15-16,19H,13-14,17-18H2,1-2H3. The van der Waals surface area contributed by atoms with Crippen molar-refractivity contribution in [3.8, 4) is 0 Å². The van der Waals surface area contributed by atoms with E-state index in [4.69, 9.17) is 4.42 Å². The lowest BCUT2D eigenvalue weighted by Crippen LogP contribution is -2.46. The number of carbonyl (C=O) groups excluding carboxylic acids is 2. The molecule has 5 nitrogen and oxygen atoms in total. The van der Waals surface area contributed by atoms with Crippen LogP contribution in [0, 0.1) is 0 Å². The molecule has 0 saturated heterocycles. The molecular formula is C26H27F3N2O3. The Morgan fingerprint density at radius 1 is 0.971 bits per heavy atom. The van der Waals surface area contributed by atoms with Gasteiger partial charge < -0.3 is 14.2 Å². The molecule has 0 N–H and O–H groups in total. The molecule has 2 amide bonds. The van der Waals surface area contributed by atoms with Crippen LogP contribution in [-0.4, -0.2) is 40.7 Å². The molecule has 1 heterocycles. The van der Waals surface area contributed by atoms with Gasteiger partial charge in [-0.15, -0.1) is 0 Å². The van der Waals surface area contributed by atoms with E-state index in [-0.39, 0.29) is 24.6 Å². The van der Waals surface area contributed by atoms with Gasteiger partial charge in [-0.1, -0.05) is 36.4 Å². The van der Waals surface area contributed by atoms with Gasteiger partial charge in [0.05, 0.1) is 18.4 Å². The number of furan rings is 1. The van der Waals surface area contributed by atoms with Gasteiger partial charge in [-0.25, -0.2) is 0 Å². The van der Waals surface area contributed by atoms with Gasteiger partial charge >= 0.3 is 6.18 Å². The summed E-state index contributed by atoms with van der Waals surface area (Å²) in [6, 6.07) is 17.0.